The summed E-state index contributed by atoms with van der Waals surface area (Å²) in [5.41, 5.74) is 8.27. The van der Waals surface area contributed by atoms with Crippen molar-refractivity contribution in [3.05, 3.63) is 59.1 Å². The molecule has 1 aromatic heterocycles. The first-order valence-corrected chi connectivity index (χ1v) is 8.39. The first-order chi connectivity index (χ1) is 10.8. The third-order valence-electron chi connectivity index (χ3n) is 3.68. The summed E-state index contributed by atoms with van der Waals surface area (Å²) in [5.74, 6) is 1.17. The highest BCUT2D eigenvalue weighted by molar-refractivity contribution is 7.18. The highest BCUT2D eigenvalue weighted by atomic mass is 32.1. The second kappa shape index (κ2) is 6.90. The number of hydrogen-bond acceptors (Lipinski definition) is 4. The molecular formula is C18H20N2OS. The molecule has 0 aliphatic heterocycles. The van der Waals surface area contributed by atoms with Gasteiger partial charge in [0.15, 0.2) is 0 Å². The third-order valence-corrected chi connectivity index (χ3v) is 4.88. The van der Waals surface area contributed by atoms with Gasteiger partial charge in [-0.05, 0) is 37.1 Å². The fourth-order valence-electron chi connectivity index (χ4n) is 2.57. The van der Waals surface area contributed by atoms with Crippen molar-refractivity contribution in [2.45, 2.75) is 19.3 Å². The second-order valence-corrected chi connectivity index (χ2v) is 6.26. The van der Waals surface area contributed by atoms with E-state index in [9.17, 15) is 0 Å². The van der Waals surface area contributed by atoms with Crippen LogP contribution in [0.5, 0.6) is 5.75 Å². The van der Waals surface area contributed by atoms with Crippen molar-refractivity contribution in [2.75, 3.05) is 13.2 Å². The monoisotopic (exact) mass is 312 g/mol. The van der Waals surface area contributed by atoms with E-state index >= 15 is 0 Å². The van der Waals surface area contributed by atoms with Gasteiger partial charge in [0.05, 0.1) is 21.8 Å². The molecule has 0 aliphatic rings. The van der Waals surface area contributed by atoms with Gasteiger partial charge in [0, 0.05) is 12.5 Å². The van der Waals surface area contributed by atoms with Crippen LogP contribution in [0.25, 0.3) is 10.2 Å². The van der Waals surface area contributed by atoms with E-state index in [0.29, 0.717) is 13.2 Å². The molecule has 22 heavy (non-hydrogen) atoms. The van der Waals surface area contributed by atoms with Crippen LogP contribution in [0.3, 0.4) is 0 Å². The zero-order valence-corrected chi connectivity index (χ0v) is 13.5. The van der Waals surface area contributed by atoms with E-state index in [-0.39, 0.29) is 5.92 Å². The van der Waals surface area contributed by atoms with Gasteiger partial charge in [-0.25, -0.2) is 4.98 Å². The molecule has 1 unspecified atom stereocenters. The number of rotatable bonds is 6. The van der Waals surface area contributed by atoms with Gasteiger partial charge in [-0.1, -0.05) is 30.3 Å². The van der Waals surface area contributed by atoms with E-state index in [2.05, 4.69) is 18.2 Å². The Labute approximate surface area is 134 Å². The van der Waals surface area contributed by atoms with E-state index in [1.165, 1.54) is 10.3 Å². The molecule has 1 heterocycles. The number of nitrogens with zero attached hydrogens (tertiary/aromatic N) is 1. The topological polar surface area (TPSA) is 48.1 Å². The fourth-order valence-corrected chi connectivity index (χ4v) is 3.65. The minimum absolute atomic E-state index is 0.221. The average Bonchev–Trinajstić information content (AvgIpc) is 2.98. The number of hydrogen-bond donors (Lipinski definition) is 1. The van der Waals surface area contributed by atoms with Gasteiger partial charge in [-0.3, -0.25) is 0 Å². The summed E-state index contributed by atoms with van der Waals surface area (Å²) in [7, 11) is 0. The lowest BCUT2D eigenvalue weighted by Crippen LogP contribution is -2.15. The molecule has 2 aromatic carbocycles. The standard InChI is InChI=1S/C18H20N2OS/c1-2-21-16-9-5-3-7-13(16)11-14(12-19)18-20-15-8-4-6-10-17(15)22-18/h3-10,14H,2,11-12,19H2,1H3. The number of ether oxygens (including phenoxy) is 1. The van der Waals surface area contributed by atoms with Crippen LogP contribution in [-0.4, -0.2) is 18.1 Å². The van der Waals surface area contributed by atoms with Gasteiger partial charge in [-0.15, -0.1) is 11.3 Å². The summed E-state index contributed by atoms with van der Waals surface area (Å²) in [6, 6.07) is 16.4. The molecule has 1 atom stereocenters. The molecule has 4 heteroatoms. The van der Waals surface area contributed by atoms with Gasteiger partial charge >= 0.3 is 0 Å². The molecule has 3 aromatic rings. The Morgan fingerprint density at radius 3 is 2.68 bits per heavy atom. The van der Waals surface area contributed by atoms with Crippen LogP contribution >= 0.6 is 11.3 Å². The van der Waals surface area contributed by atoms with Crippen LogP contribution in [0, 0.1) is 0 Å². The minimum Gasteiger partial charge on any atom is -0.494 e. The smallest absolute Gasteiger partial charge is 0.122 e. The van der Waals surface area contributed by atoms with Crippen molar-refractivity contribution in [3.8, 4) is 5.75 Å². The molecule has 0 amide bonds. The summed E-state index contributed by atoms with van der Waals surface area (Å²) in [6.07, 6.45) is 0.854. The molecule has 0 saturated carbocycles. The fraction of sp³-hybridized carbons (Fsp3) is 0.278. The number of benzene rings is 2. The SMILES string of the molecule is CCOc1ccccc1CC(CN)c1nc2ccccc2s1. The molecule has 0 aliphatic carbocycles. The van der Waals surface area contributed by atoms with Crippen molar-refractivity contribution in [2.24, 2.45) is 5.73 Å². The minimum atomic E-state index is 0.221. The number of thiazole rings is 1. The van der Waals surface area contributed by atoms with E-state index in [0.717, 1.165) is 22.7 Å². The number of fused-ring (bicyclic) bond motifs is 1. The normalized spacial score (nSPS) is 12.5. The van der Waals surface area contributed by atoms with Crippen LogP contribution in [0.15, 0.2) is 48.5 Å². The Bertz CT molecular complexity index is 720. The molecule has 0 bridgehead atoms. The van der Waals surface area contributed by atoms with Crippen molar-refractivity contribution in [1.29, 1.82) is 0 Å². The number of aromatic nitrogens is 1. The molecule has 114 valence electrons. The first kappa shape index (κ1) is 15.0. The quantitative estimate of drug-likeness (QED) is 0.749. The Morgan fingerprint density at radius 2 is 1.91 bits per heavy atom. The Balaban J connectivity index is 1.88. The van der Waals surface area contributed by atoms with Crippen molar-refractivity contribution < 1.29 is 4.74 Å². The van der Waals surface area contributed by atoms with Crippen molar-refractivity contribution in [3.63, 3.8) is 0 Å². The average molecular weight is 312 g/mol. The highest BCUT2D eigenvalue weighted by Crippen LogP contribution is 2.31. The second-order valence-electron chi connectivity index (χ2n) is 5.20. The third kappa shape index (κ3) is 3.13. The number of para-hydroxylation sites is 2. The van der Waals surface area contributed by atoms with Gasteiger partial charge < -0.3 is 10.5 Å². The molecule has 0 saturated heterocycles. The van der Waals surface area contributed by atoms with Gasteiger partial charge in [0.1, 0.15) is 5.75 Å². The predicted molar refractivity (Wildman–Crippen MR) is 92.7 cm³/mol. The van der Waals surface area contributed by atoms with Crippen LogP contribution in [-0.2, 0) is 6.42 Å². The summed E-state index contributed by atoms with van der Waals surface area (Å²) in [5, 5.41) is 1.11. The summed E-state index contributed by atoms with van der Waals surface area (Å²) in [6.45, 7) is 3.26. The maximum Gasteiger partial charge on any atom is 0.122 e. The lowest BCUT2D eigenvalue weighted by atomic mass is 9.99. The summed E-state index contributed by atoms with van der Waals surface area (Å²) >= 11 is 1.74. The molecule has 2 N–H and O–H groups in total. The summed E-state index contributed by atoms with van der Waals surface area (Å²) < 4.78 is 6.94. The lowest BCUT2D eigenvalue weighted by Gasteiger charge is -2.15. The molecular weight excluding hydrogens is 292 g/mol. The van der Waals surface area contributed by atoms with Gasteiger partial charge in [-0.2, -0.15) is 0 Å². The van der Waals surface area contributed by atoms with E-state index in [4.69, 9.17) is 15.5 Å². The summed E-state index contributed by atoms with van der Waals surface area (Å²) in [4.78, 5) is 4.75. The van der Waals surface area contributed by atoms with E-state index in [1.807, 2.05) is 37.3 Å². The van der Waals surface area contributed by atoms with Crippen LogP contribution in [0.1, 0.15) is 23.4 Å². The van der Waals surface area contributed by atoms with Crippen molar-refractivity contribution in [1.82, 2.24) is 4.98 Å². The van der Waals surface area contributed by atoms with Gasteiger partial charge in [0.25, 0.3) is 0 Å². The molecule has 0 spiro atoms. The first-order valence-electron chi connectivity index (χ1n) is 7.58. The maximum atomic E-state index is 6.02. The molecule has 3 nitrogen and oxygen atoms in total. The molecule has 3 rings (SSSR count). The van der Waals surface area contributed by atoms with E-state index in [1.54, 1.807) is 11.3 Å². The Kier molecular flexibility index (Phi) is 4.71. The largest absolute Gasteiger partial charge is 0.494 e. The van der Waals surface area contributed by atoms with Gasteiger partial charge in [0.2, 0.25) is 0 Å². The predicted octanol–water partition coefficient (Wildman–Crippen LogP) is 3.98. The maximum absolute atomic E-state index is 6.02. The van der Waals surface area contributed by atoms with Crippen molar-refractivity contribution >= 4 is 21.6 Å². The van der Waals surface area contributed by atoms with Crippen LogP contribution in [0.2, 0.25) is 0 Å². The Morgan fingerprint density at radius 1 is 1.14 bits per heavy atom. The lowest BCUT2D eigenvalue weighted by molar-refractivity contribution is 0.335. The zero-order chi connectivity index (χ0) is 15.4. The van der Waals surface area contributed by atoms with Crippen LogP contribution < -0.4 is 10.5 Å². The number of nitrogens with two attached hydrogens (primary N) is 1. The molecule has 0 radical (unpaired) electrons. The zero-order valence-electron chi connectivity index (χ0n) is 12.7. The highest BCUT2D eigenvalue weighted by Gasteiger charge is 2.17. The van der Waals surface area contributed by atoms with E-state index < -0.39 is 0 Å². The Hall–Kier alpha value is -1.91. The van der Waals surface area contributed by atoms with Crippen LogP contribution in [0.4, 0.5) is 0 Å². The molecule has 0 fully saturated rings.